The van der Waals surface area contributed by atoms with E-state index in [9.17, 15) is 24.0 Å². The molecule has 11 heteroatoms. The number of terminal acetylenes is 1. The molecule has 2 atom stereocenters. The van der Waals surface area contributed by atoms with E-state index in [1.54, 1.807) is 52.0 Å². The van der Waals surface area contributed by atoms with E-state index in [0.29, 0.717) is 17.5 Å². The third kappa shape index (κ3) is 10.2. The van der Waals surface area contributed by atoms with Crippen LogP contribution in [0.4, 0.5) is 4.79 Å². The number of esters is 1. The maximum Gasteiger partial charge on any atom is 0.408 e. The van der Waals surface area contributed by atoms with Crippen molar-refractivity contribution in [2.24, 2.45) is 5.73 Å². The molecule has 0 saturated carbocycles. The van der Waals surface area contributed by atoms with Crippen LogP contribution in [0.3, 0.4) is 0 Å². The van der Waals surface area contributed by atoms with Gasteiger partial charge in [-0.2, -0.15) is 0 Å². The van der Waals surface area contributed by atoms with Crippen LogP contribution in [0.15, 0.2) is 24.3 Å². The molecule has 1 rings (SSSR count). The zero-order valence-corrected chi connectivity index (χ0v) is 22.0. The highest BCUT2D eigenvalue weighted by Crippen LogP contribution is 2.26. The van der Waals surface area contributed by atoms with Crippen LogP contribution in [0.2, 0.25) is 0 Å². The number of nitrogens with two attached hydrogens (primary N) is 1. The van der Waals surface area contributed by atoms with Crippen LogP contribution in [-0.2, 0) is 28.7 Å². The Hall–Kier alpha value is -4.07. The average Bonchev–Trinajstić information content (AvgIpc) is 2.83. The van der Waals surface area contributed by atoms with Gasteiger partial charge >= 0.3 is 12.1 Å². The Morgan fingerprint density at radius 3 is 2.35 bits per heavy atom. The predicted octanol–water partition coefficient (Wildman–Crippen LogP) is 1.40. The Labute approximate surface area is 217 Å². The molecule has 4 N–H and O–H groups in total. The summed E-state index contributed by atoms with van der Waals surface area (Å²) < 4.78 is 9.87. The first-order valence-electron chi connectivity index (χ1n) is 11.8. The zero-order chi connectivity index (χ0) is 28.2. The molecule has 0 saturated heterocycles. The van der Waals surface area contributed by atoms with Crippen molar-refractivity contribution in [2.45, 2.75) is 64.6 Å². The van der Waals surface area contributed by atoms with E-state index < -0.39 is 54.0 Å². The molecule has 1 aromatic carbocycles. The number of carbonyl (C=O) groups excluding carboxylic acids is 5. The number of primary amides is 1. The number of methoxy groups -OCH3 is 1. The monoisotopic (exact) mass is 516 g/mol. The maximum absolute atomic E-state index is 13.8. The second kappa shape index (κ2) is 14.5. The summed E-state index contributed by atoms with van der Waals surface area (Å²) in [6.45, 7) is 6.45. The van der Waals surface area contributed by atoms with Crippen LogP contribution in [-0.4, -0.2) is 66.5 Å². The van der Waals surface area contributed by atoms with Gasteiger partial charge in [-0.3, -0.25) is 19.2 Å². The van der Waals surface area contributed by atoms with Gasteiger partial charge in [-0.05, 0) is 45.2 Å². The minimum absolute atomic E-state index is 0.0944. The molecule has 2 unspecified atom stereocenters. The highest BCUT2D eigenvalue weighted by Gasteiger charge is 2.37. The minimum atomic E-state index is -1.25. The van der Waals surface area contributed by atoms with Crippen LogP contribution in [0, 0.1) is 12.3 Å². The Kier molecular flexibility index (Phi) is 12.1. The number of ether oxygens (including phenoxy) is 2. The summed E-state index contributed by atoms with van der Waals surface area (Å²) in [7, 11) is 1.18. The first-order valence-corrected chi connectivity index (χ1v) is 11.8. The van der Waals surface area contributed by atoms with Crippen molar-refractivity contribution in [1.82, 2.24) is 15.5 Å². The van der Waals surface area contributed by atoms with Crippen molar-refractivity contribution >= 4 is 29.8 Å². The van der Waals surface area contributed by atoms with Gasteiger partial charge < -0.3 is 30.7 Å². The Morgan fingerprint density at radius 2 is 1.81 bits per heavy atom. The molecule has 0 radical (unpaired) electrons. The lowest BCUT2D eigenvalue weighted by Crippen LogP contribution is -2.53. The molecule has 0 bridgehead atoms. The summed E-state index contributed by atoms with van der Waals surface area (Å²) in [6.07, 6.45) is 4.91. The van der Waals surface area contributed by atoms with E-state index in [1.165, 1.54) is 12.0 Å². The lowest BCUT2D eigenvalue weighted by molar-refractivity contribution is -0.144. The van der Waals surface area contributed by atoms with Gasteiger partial charge in [0.25, 0.3) is 0 Å². The number of alkyl carbamates (subject to hydrolysis) is 1. The molecule has 1 aromatic rings. The van der Waals surface area contributed by atoms with Crippen molar-refractivity contribution in [3.05, 3.63) is 35.4 Å². The van der Waals surface area contributed by atoms with Crippen LogP contribution in [0.25, 0.3) is 0 Å². The van der Waals surface area contributed by atoms with Gasteiger partial charge in [-0.25, -0.2) is 4.79 Å². The lowest BCUT2D eigenvalue weighted by Gasteiger charge is -2.34. The van der Waals surface area contributed by atoms with Gasteiger partial charge in [0.05, 0.1) is 7.11 Å². The molecule has 0 fully saturated rings. The van der Waals surface area contributed by atoms with E-state index in [2.05, 4.69) is 21.3 Å². The first kappa shape index (κ1) is 31.0. The van der Waals surface area contributed by atoms with Crippen molar-refractivity contribution in [3.63, 3.8) is 0 Å². The fourth-order valence-electron chi connectivity index (χ4n) is 3.45. The zero-order valence-electron chi connectivity index (χ0n) is 22.0. The van der Waals surface area contributed by atoms with Gasteiger partial charge in [0.15, 0.2) is 0 Å². The van der Waals surface area contributed by atoms with Crippen LogP contribution in [0.5, 0.6) is 0 Å². The van der Waals surface area contributed by atoms with Crippen LogP contribution >= 0.6 is 0 Å². The van der Waals surface area contributed by atoms with Crippen molar-refractivity contribution in [1.29, 1.82) is 0 Å². The Morgan fingerprint density at radius 1 is 1.16 bits per heavy atom. The van der Waals surface area contributed by atoms with Crippen molar-refractivity contribution in [2.75, 3.05) is 20.2 Å². The highest BCUT2D eigenvalue weighted by molar-refractivity contribution is 5.93. The van der Waals surface area contributed by atoms with Gasteiger partial charge in [0.2, 0.25) is 17.7 Å². The number of amides is 4. The van der Waals surface area contributed by atoms with E-state index >= 15 is 0 Å². The number of rotatable bonds is 12. The smallest absolute Gasteiger partial charge is 0.408 e. The molecular weight excluding hydrogens is 480 g/mol. The number of carbonyl (C=O) groups is 5. The van der Waals surface area contributed by atoms with E-state index in [1.807, 2.05) is 0 Å². The SMILES string of the molecule is C#Cc1ccccc1C(C(=O)NCC(=O)OC)N(CCC)C(=O)C(CCC(N)=O)NC(=O)OC(C)(C)C. The number of nitrogens with zero attached hydrogens (tertiary/aromatic N) is 1. The summed E-state index contributed by atoms with van der Waals surface area (Å²) in [5.41, 5.74) is 5.16. The molecule has 0 aliphatic carbocycles. The molecule has 0 spiro atoms. The molecule has 11 nitrogen and oxygen atoms in total. The van der Waals surface area contributed by atoms with E-state index in [-0.39, 0.29) is 19.4 Å². The summed E-state index contributed by atoms with van der Waals surface area (Å²) in [5.74, 6) is -0.178. The highest BCUT2D eigenvalue weighted by atomic mass is 16.6. The largest absolute Gasteiger partial charge is 0.468 e. The van der Waals surface area contributed by atoms with Gasteiger partial charge in [0.1, 0.15) is 24.2 Å². The van der Waals surface area contributed by atoms with Crippen LogP contribution in [0.1, 0.15) is 64.1 Å². The topological polar surface area (TPSA) is 157 Å². The third-order valence-electron chi connectivity index (χ3n) is 5.02. The van der Waals surface area contributed by atoms with Gasteiger partial charge in [0, 0.05) is 18.5 Å². The molecule has 0 aliphatic rings. The fourth-order valence-corrected chi connectivity index (χ4v) is 3.45. The standard InChI is InChI=1S/C26H36N4O7/c1-7-15-30(24(34)19(13-14-20(27)31)29-25(35)37-26(3,4)5)22(23(33)28-16-21(32)36-6)18-12-10-9-11-17(18)8-2/h2,9-12,19,22H,7,13-16H2,1,3-6H3,(H2,27,31)(H,28,33)(H,29,35). The molecule has 0 heterocycles. The molecule has 0 aliphatic heterocycles. The van der Waals surface area contributed by atoms with Crippen molar-refractivity contribution in [3.8, 4) is 12.3 Å². The molecule has 37 heavy (non-hydrogen) atoms. The maximum atomic E-state index is 13.8. The number of hydrogen-bond acceptors (Lipinski definition) is 7. The first-order chi connectivity index (χ1) is 17.3. The minimum Gasteiger partial charge on any atom is -0.468 e. The average molecular weight is 517 g/mol. The molecule has 202 valence electrons. The normalized spacial score (nSPS) is 12.3. The molecule has 0 aromatic heterocycles. The number of hydrogen-bond donors (Lipinski definition) is 3. The molecular formula is C26H36N4O7. The second-order valence-electron chi connectivity index (χ2n) is 9.16. The fraction of sp³-hybridized carbons (Fsp3) is 0.500. The van der Waals surface area contributed by atoms with E-state index in [0.717, 1.165) is 0 Å². The summed E-state index contributed by atoms with van der Waals surface area (Å²) in [5, 5.41) is 4.97. The quantitative estimate of drug-likeness (QED) is 0.280. The van der Waals surface area contributed by atoms with Crippen LogP contribution < -0.4 is 16.4 Å². The summed E-state index contributed by atoms with van der Waals surface area (Å²) in [4.78, 5) is 64.1. The lowest BCUT2D eigenvalue weighted by atomic mass is 9.97. The summed E-state index contributed by atoms with van der Waals surface area (Å²) >= 11 is 0. The van der Waals surface area contributed by atoms with Gasteiger partial charge in [-0.15, -0.1) is 6.42 Å². The third-order valence-corrected chi connectivity index (χ3v) is 5.02. The number of nitrogens with one attached hydrogen (secondary N) is 2. The van der Waals surface area contributed by atoms with E-state index in [4.69, 9.17) is 16.9 Å². The predicted molar refractivity (Wildman–Crippen MR) is 136 cm³/mol. The molecule has 4 amide bonds. The Balaban J connectivity index is 3.52. The van der Waals surface area contributed by atoms with Gasteiger partial charge in [-0.1, -0.05) is 31.0 Å². The second-order valence-corrected chi connectivity index (χ2v) is 9.16. The van der Waals surface area contributed by atoms with Crippen molar-refractivity contribution < 1.29 is 33.4 Å². The number of benzene rings is 1. The Bertz CT molecular complexity index is 1030. The summed E-state index contributed by atoms with van der Waals surface area (Å²) in [6, 6.07) is 4.09.